The Morgan fingerprint density at radius 2 is 1.16 bits per heavy atom. The monoisotopic (exact) mass is 413 g/mol. The van der Waals surface area contributed by atoms with Crippen molar-refractivity contribution in [3.63, 3.8) is 0 Å². The molecule has 2 aromatic carbocycles. The van der Waals surface area contributed by atoms with Gasteiger partial charge in [0.15, 0.2) is 0 Å². The third kappa shape index (κ3) is 5.61. The minimum Gasteiger partial charge on any atom is -0.455 e. The van der Waals surface area contributed by atoms with Crippen LogP contribution in [0.15, 0.2) is 85.7 Å². The van der Waals surface area contributed by atoms with E-state index in [1.807, 2.05) is 60.7 Å². The number of hydrogen-bond donors (Lipinski definition) is 1. The molecule has 2 aromatic heterocycles. The molecule has 0 saturated carbocycles. The van der Waals surface area contributed by atoms with Crippen molar-refractivity contribution < 1.29 is 9.47 Å². The number of nitrogens with zero attached hydrogens (tertiary/aromatic N) is 4. The molecule has 0 atom stereocenters. The maximum absolute atomic E-state index is 6.10. The number of rotatable bonds is 9. The minimum absolute atomic E-state index is 0.446. The maximum Gasteiger partial charge on any atom is 0.241 e. The Balaban J connectivity index is 1.43. The van der Waals surface area contributed by atoms with E-state index in [9.17, 15) is 0 Å². The Morgan fingerprint density at radius 1 is 0.677 bits per heavy atom. The predicted molar refractivity (Wildman–Crippen MR) is 118 cm³/mol. The standard InChI is InChI=1S/C24H23N5O2/c25-13-1-2-24(30-20-7-3-18(4-8-20)22-11-14-26-16-28-22)31-21-9-5-19(6-10-21)23-12-15-27-17-29-23/h3-12,14-17,24H,1-2,13,25H2. The summed E-state index contributed by atoms with van der Waals surface area (Å²) in [6.07, 6.45) is 7.54. The third-order valence-corrected chi connectivity index (χ3v) is 4.64. The van der Waals surface area contributed by atoms with Gasteiger partial charge in [0.05, 0.1) is 11.4 Å². The molecule has 0 saturated heterocycles. The van der Waals surface area contributed by atoms with Crippen molar-refractivity contribution >= 4 is 0 Å². The molecule has 0 spiro atoms. The Kier molecular flexibility index (Phi) is 6.77. The summed E-state index contributed by atoms with van der Waals surface area (Å²) in [5.74, 6) is 1.44. The van der Waals surface area contributed by atoms with Crippen molar-refractivity contribution in [2.75, 3.05) is 6.54 Å². The van der Waals surface area contributed by atoms with Gasteiger partial charge in [0.25, 0.3) is 0 Å². The second-order valence-corrected chi connectivity index (χ2v) is 6.83. The lowest BCUT2D eigenvalue weighted by atomic mass is 10.1. The molecule has 0 unspecified atom stereocenters. The van der Waals surface area contributed by atoms with Gasteiger partial charge in [-0.05, 0) is 73.6 Å². The van der Waals surface area contributed by atoms with E-state index in [1.54, 1.807) is 12.4 Å². The number of ether oxygens (including phenoxy) is 2. The smallest absolute Gasteiger partial charge is 0.241 e. The van der Waals surface area contributed by atoms with Crippen LogP contribution in [0, 0.1) is 0 Å². The molecule has 0 fully saturated rings. The van der Waals surface area contributed by atoms with Crippen molar-refractivity contribution in [2.24, 2.45) is 5.73 Å². The third-order valence-electron chi connectivity index (χ3n) is 4.64. The largest absolute Gasteiger partial charge is 0.455 e. The summed E-state index contributed by atoms with van der Waals surface area (Å²) >= 11 is 0. The molecule has 7 heteroatoms. The lowest BCUT2D eigenvalue weighted by molar-refractivity contribution is -0.00149. The molecule has 0 amide bonds. The number of aromatic nitrogens is 4. The van der Waals surface area contributed by atoms with Crippen molar-refractivity contribution in [3.05, 3.63) is 85.7 Å². The van der Waals surface area contributed by atoms with Crippen LogP contribution in [0.3, 0.4) is 0 Å². The first-order chi connectivity index (χ1) is 15.3. The van der Waals surface area contributed by atoms with E-state index in [4.69, 9.17) is 15.2 Å². The Labute approximate surface area is 181 Å². The molecule has 4 aromatic rings. The van der Waals surface area contributed by atoms with Crippen LogP contribution < -0.4 is 15.2 Å². The predicted octanol–water partition coefficient (Wildman–Crippen LogP) is 4.12. The maximum atomic E-state index is 6.10. The van der Waals surface area contributed by atoms with Crippen LogP contribution in [0.2, 0.25) is 0 Å². The number of nitrogens with two attached hydrogens (primary N) is 1. The first-order valence-electron chi connectivity index (χ1n) is 10.1. The summed E-state index contributed by atoms with van der Waals surface area (Å²) in [7, 11) is 0. The van der Waals surface area contributed by atoms with Gasteiger partial charge in [-0.3, -0.25) is 0 Å². The van der Waals surface area contributed by atoms with E-state index in [2.05, 4.69) is 19.9 Å². The fourth-order valence-corrected chi connectivity index (χ4v) is 3.06. The van der Waals surface area contributed by atoms with Crippen LogP contribution in [0.5, 0.6) is 11.5 Å². The summed E-state index contributed by atoms with van der Waals surface area (Å²) in [5.41, 5.74) is 9.41. The zero-order chi connectivity index (χ0) is 21.3. The second kappa shape index (κ2) is 10.3. The Morgan fingerprint density at radius 3 is 1.55 bits per heavy atom. The second-order valence-electron chi connectivity index (χ2n) is 6.83. The van der Waals surface area contributed by atoms with Gasteiger partial charge >= 0.3 is 0 Å². The van der Waals surface area contributed by atoms with Gasteiger partial charge in [-0.25, -0.2) is 19.9 Å². The van der Waals surface area contributed by atoms with E-state index < -0.39 is 6.29 Å². The van der Waals surface area contributed by atoms with Crippen LogP contribution in [-0.2, 0) is 0 Å². The molecule has 0 aliphatic carbocycles. The first-order valence-corrected chi connectivity index (χ1v) is 10.1. The Bertz CT molecular complexity index is 974. The molecule has 4 rings (SSSR count). The number of hydrogen-bond acceptors (Lipinski definition) is 7. The molecule has 2 N–H and O–H groups in total. The molecule has 31 heavy (non-hydrogen) atoms. The quantitative estimate of drug-likeness (QED) is 0.412. The molecule has 0 aliphatic rings. The van der Waals surface area contributed by atoms with E-state index in [-0.39, 0.29) is 0 Å². The summed E-state index contributed by atoms with van der Waals surface area (Å²) in [5, 5.41) is 0. The molecule has 0 aliphatic heterocycles. The number of benzene rings is 2. The van der Waals surface area contributed by atoms with Gasteiger partial charge < -0.3 is 15.2 Å². The summed E-state index contributed by atoms with van der Waals surface area (Å²) in [6, 6.07) is 19.2. The summed E-state index contributed by atoms with van der Waals surface area (Å²) < 4.78 is 12.2. The van der Waals surface area contributed by atoms with Crippen molar-refractivity contribution in [3.8, 4) is 34.0 Å². The fraction of sp³-hybridized carbons (Fsp3) is 0.167. The molecule has 7 nitrogen and oxygen atoms in total. The molecular formula is C24H23N5O2. The van der Waals surface area contributed by atoms with E-state index in [0.717, 1.165) is 40.4 Å². The summed E-state index contributed by atoms with van der Waals surface area (Å²) in [4.78, 5) is 16.4. The highest BCUT2D eigenvalue weighted by atomic mass is 16.7. The van der Waals surface area contributed by atoms with Gasteiger partial charge in [0, 0.05) is 29.9 Å². The fourth-order valence-electron chi connectivity index (χ4n) is 3.06. The van der Waals surface area contributed by atoms with Gasteiger partial charge in [0.2, 0.25) is 6.29 Å². The first kappa shape index (κ1) is 20.4. The highest BCUT2D eigenvalue weighted by Gasteiger charge is 2.13. The van der Waals surface area contributed by atoms with Crippen molar-refractivity contribution in [1.82, 2.24) is 19.9 Å². The molecule has 0 radical (unpaired) electrons. The average Bonchev–Trinajstić information content (AvgIpc) is 2.84. The molecule has 156 valence electrons. The van der Waals surface area contributed by atoms with Gasteiger partial charge in [-0.1, -0.05) is 0 Å². The van der Waals surface area contributed by atoms with Gasteiger partial charge in [0.1, 0.15) is 24.2 Å². The van der Waals surface area contributed by atoms with Crippen LogP contribution in [-0.4, -0.2) is 32.8 Å². The topological polar surface area (TPSA) is 96.0 Å². The van der Waals surface area contributed by atoms with Crippen LogP contribution in [0.25, 0.3) is 22.5 Å². The lowest BCUT2D eigenvalue weighted by Gasteiger charge is -2.21. The van der Waals surface area contributed by atoms with Gasteiger partial charge in [-0.2, -0.15) is 0 Å². The van der Waals surface area contributed by atoms with E-state index in [0.29, 0.717) is 13.0 Å². The lowest BCUT2D eigenvalue weighted by Crippen LogP contribution is -2.25. The van der Waals surface area contributed by atoms with Gasteiger partial charge in [-0.15, -0.1) is 0 Å². The van der Waals surface area contributed by atoms with E-state index >= 15 is 0 Å². The molecule has 0 bridgehead atoms. The highest BCUT2D eigenvalue weighted by Crippen LogP contribution is 2.24. The minimum atomic E-state index is -0.446. The highest BCUT2D eigenvalue weighted by molar-refractivity contribution is 5.60. The average molecular weight is 413 g/mol. The Hall–Kier alpha value is -3.84. The van der Waals surface area contributed by atoms with Crippen LogP contribution in [0.1, 0.15) is 12.8 Å². The molecular weight excluding hydrogens is 390 g/mol. The SMILES string of the molecule is NCCCC(Oc1ccc(-c2ccncn2)cc1)Oc1ccc(-c2ccncn2)cc1. The zero-order valence-corrected chi connectivity index (χ0v) is 17.0. The van der Waals surface area contributed by atoms with Crippen LogP contribution >= 0.6 is 0 Å². The zero-order valence-electron chi connectivity index (χ0n) is 17.0. The van der Waals surface area contributed by atoms with Crippen molar-refractivity contribution in [2.45, 2.75) is 19.1 Å². The van der Waals surface area contributed by atoms with E-state index in [1.165, 1.54) is 12.7 Å². The normalized spacial score (nSPS) is 10.8. The van der Waals surface area contributed by atoms with Crippen molar-refractivity contribution in [1.29, 1.82) is 0 Å². The summed E-state index contributed by atoms with van der Waals surface area (Å²) in [6.45, 7) is 0.572. The molecule has 2 heterocycles. The van der Waals surface area contributed by atoms with Crippen LogP contribution in [0.4, 0.5) is 0 Å².